The third-order valence-electron chi connectivity index (χ3n) is 2.50. The second kappa shape index (κ2) is 4.63. The van der Waals surface area contributed by atoms with Crippen LogP contribution in [0.25, 0.3) is 0 Å². The molecular weight excluding hydrogens is 240 g/mol. The first-order chi connectivity index (χ1) is 8.08. The van der Waals surface area contributed by atoms with E-state index < -0.39 is 0 Å². The number of halogens is 1. The molecule has 2 rings (SSSR count). The summed E-state index contributed by atoms with van der Waals surface area (Å²) in [5.41, 5.74) is 8.18. The normalized spacial score (nSPS) is 10.5. The topological polar surface area (TPSA) is 77.0 Å². The van der Waals surface area contributed by atoms with E-state index in [9.17, 15) is 0 Å². The number of nitrogens with two attached hydrogens (primary N) is 1. The zero-order valence-corrected chi connectivity index (χ0v) is 10.4. The Morgan fingerprint density at radius 1 is 1.47 bits per heavy atom. The number of nitrogens with one attached hydrogen (secondary N) is 1. The fourth-order valence-electron chi connectivity index (χ4n) is 1.53. The zero-order chi connectivity index (χ0) is 12.4. The molecule has 0 aliphatic rings. The minimum atomic E-state index is 0.518. The average molecular weight is 253 g/mol. The van der Waals surface area contributed by atoms with Crippen molar-refractivity contribution >= 4 is 23.1 Å². The number of nitrogens with zero attached hydrogens (tertiary/aromatic N) is 2. The van der Waals surface area contributed by atoms with E-state index in [4.69, 9.17) is 21.9 Å². The summed E-state index contributed by atoms with van der Waals surface area (Å²) in [6.07, 6.45) is 1.55. The first-order valence-electron chi connectivity index (χ1n) is 5.14. The van der Waals surface area contributed by atoms with Crippen molar-refractivity contribution in [2.45, 2.75) is 20.4 Å². The van der Waals surface area contributed by atoms with Gasteiger partial charge < -0.3 is 15.6 Å². The molecule has 2 aromatic rings. The Hall–Kier alpha value is -1.75. The van der Waals surface area contributed by atoms with Gasteiger partial charge in [0.15, 0.2) is 0 Å². The molecule has 0 unspecified atom stereocenters. The number of anilines is 2. The summed E-state index contributed by atoms with van der Waals surface area (Å²) < 4.78 is 5.07. The molecule has 2 aromatic heterocycles. The van der Waals surface area contributed by atoms with Gasteiger partial charge in [0.1, 0.15) is 11.6 Å². The van der Waals surface area contributed by atoms with Crippen LogP contribution < -0.4 is 11.1 Å². The molecule has 17 heavy (non-hydrogen) atoms. The van der Waals surface area contributed by atoms with Gasteiger partial charge in [0.2, 0.25) is 0 Å². The summed E-state index contributed by atoms with van der Waals surface area (Å²) in [5, 5.41) is 7.53. The van der Waals surface area contributed by atoms with Crippen molar-refractivity contribution in [3.05, 3.63) is 34.3 Å². The maximum absolute atomic E-state index is 5.79. The Morgan fingerprint density at radius 2 is 2.24 bits per heavy atom. The van der Waals surface area contributed by atoms with Crippen LogP contribution in [-0.4, -0.2) is 10.1 Å². The fourth-order valence-corrected chi connectivity index (χ4v) is 1.70. The van der Waals surface area contributed by atoms with E-state index in [0.717, 1.165) is 17.0 Å². The van der Waals surface area contributed by atoms with Gasteiger partial charge in [-0.15, -0.1) is 0 Å². The largest absolute Gasteiger partial charge is 0.396 e. The van der Waals surface area contributed by atoms with Gasteiger partial charge in [-0.2, -0.15) is 0 Å². The Kier molecular flexibility index (Phi) is 3.19. The molecular formula is C11H13ClN4O. The minimum absolute atomic E-state index is 0.518. The van der Waals surface area contributed by atoms with Crippen molar-refractivity contribution < 1.29 is 4.52 Å². The average Bonchev–Trinajstić information content (AvgIpc) is 2.58. The zero-order valence-electron chi connectivity index (χ0n) is 9.62. The van der Waals surface area contributed by atoms with Crippen molar-refractivity contribution in [3.8, 4) is 0 Å². The van der Waals surface area contributed by atoms with Crippen molar-refractivity contribution in [3.63, 3.8) is 0 Å². The SMILES string of the molecule is Cc1noc(C)c1CNc1ncc(Cl)cc1N. The molecule has 2 heterocycles. The van der Waals surface area contributed by atoms with E-state index in [0.29, 0.717) is 23.1 Å². The lowest BCUT2D eigenvalue weighted by atomic mass is 10.2. The highest BCUT2D eigenvalue weighted by Crippen LogP contribution is 2.21. The van der Waals surface area contributed by atoms with Crippen molar-refractivity contribution in [1.82, 2.24) is 10.1 Å². The maximum Gasteiger partial charge on any atom is 0.149 e. The van der Waals surface area contributed by atoms with E-state index in [1.54, 1.807) is 12.3 Å². The molecule has 0 bridgehead atoms. The molecule has 3 N–H and O–H groups in total. The maximum atomic E-state index is 5.79. The summed E-state index contributed by atoms with van der Waals surface area (Å²) in [7, 11) is 0. The number of nitrogen functional groups attached to an aromatic ring is 1. The molecule has 6 heteroatoms. The fraction of sp³-hybridized carbons (Fsp3) is 0.273. The van der Waals surface area contributed by atoms with Gasteiger partial charge in [-0.3, -0.25) is 0 Å². The molecule has 0 aromatic carbocycles. The smallest absolute Gasteiger partial charge is 0.149 e. The molecule has 0 atom stereocenters. The lowest BCUT2D eigenvalue weighted by Gasteiger charge is -2.07. The van der Waals surface area contributed by atoms with Gasteiger partial charge in [-0.25, -0.2) is 4.98 Å². The second-order valence-corrected chi connectivity index (χ2v) is 4.18. The molecule has 0 spiro atoms. The standard InChI is InChI=1S/C11H13ClN4O/c1-6-9(7(2)17-16-6)5-15-11-10(13)3-8(12)4-14-11/h3-4H,5,13H2,1-2H3,(H,14,15). The Morgan fingerprint density at radius 3 is 2.82 bits per heavy atom. The third-order valence-corrected chi connectivity index (χ3v) is 2.70. The van der Waals surface area contributed by atoms with Gasteiger partial charge in [-0.1, -0.05) is 16.8 Å². The summed E-state index contributed by atoms with van der Waals surface area (Å²) in [4.78, 5) is 4.12. The number of pyridine rings is 1. The third kappa shape index (κ3) is 2.50. The monoisotopic (exact) mass is 252 g/mol. The van der Waals surface area contributed by atoms with E-state index in [-0.39, 0.29) is 0 Å². The lowest BCUT2D eigenvalue weighted by Crippen LogP contribution is -2.05. The summed E-state index contributed by atoms with van der Waals surface area (Å²) >= 11 is 5.77. The van der Waals surface area contributed by atoms with Crippen molar-refractivity contribution in [2.75, 3.05) is 11.1 Å². The Bertz CT molecular complexity index is 519. The van der Waals surface area contributed by atoms with Crippen LogP contribution in [0.2, 0.25) is 5.02 Å². The number of aryl methyl sites for hydroxylation is 2. The molecule has 0 aliphatic carbocycles. The highest BCUT2D eigenvalue weighted by atomic mass is 35.5. The Balaban J connectivity index is 2.13. The predicted molar refractivity (Wildman–Crippen MR) is 67.0 cm³/mol. The molecule has 90 valence electrons. The number of aromatic nitrogens is 2. The lowest BCUT2D eigenvalue weighted by molar-refractivity contribution is 0.392. The van der Waals surface area contributed by atoms with Crippen molar-refractivity contribution in [2.24, 2.45) is 0 Å². The van der Waals surface area contributed by atoms with E-state index >= 15 is 0 Å². The number of hydrogen-bond donors (Lipinski definition) is 2. The van der Waals surface area contributed by atoms with Crippen LogP contribution in [0.15, 0.2) is 16.8 Å². The highest BCUT2D eigenvalue weighted by molar-refractivity contribution is 6.30. The summed E-state index contributed by atoms with van der Waals surface area (Å²) in [5.74, 6) is 1.40. The molecule has 0 saturated heterocycles. The van der Waals surface area contributed by atoms with Gasteiger partial charge in [-0.05, 0) is 19.9 Å². The van der Waals surface area contributed by atoms with E-state index in [2.05, 4.69) is 15.5 Å². The van der Waals surface area contributed by atoms with E-state index in [1.807, 2.05) is 13.8 Å². The van der Waals surface area contributed by atoms with Crippen LogP contribution in [0.3, 0.4) is 0 Å². The quantitative estimate of drug-likeness (QED) is 0.878. The molecule has 0 amide bonds. The molecule has 0 aliphatic heterocycles. The van der Waals surface area contributed by atoms with Crippen LogP contribution >= 0.6 is 11.6 Å². The molecule has 0 fully saturated rings. The first kappa shape index (κ1) is 11.7. The van der Waals surface area contributed by atoms with Crippen LogP contribution in [0.4, 0.5) is 11.5 Å². The van der Waals surface area contributed by atoms with Crippen molar-refractivity contribution in [1.29, 1.82) is 0 Å². The molecule has 0 saturated carbocycles. The Labute approximate surface area is 104 Å². The number of rotatable bonds is 3. The summed E-state index contributed by atoms with van der Waals surface area (Å²) in [6.45, 7) is 4.34. The van der Waals surface area contributed by atoms with Gasteiger partial charge in [0.25, 0.3) is 0 Å². The van der Waals surface area contributed by atoms with E-state index in [1.165, 1.54) is 0 Å². The second-order valence-electron chi connectivity index (χ2n) is 3.75. The van der Waals surface area contributed by atoms with Gasteiger partial charge in [0.05, 0.1) is 16.4 Å². The van der Waals surface area contributed by atoms with Crippen LogP contribution in [0, 0.1) is 13.8 Å². The minimum Gasteiger partial charge on any atom is -0.396 e. The van der Waals surface area contributed by atoms with Crippen LogP contribution in [-0.2, 0) is 6.54 Å². The number of hydrogen-bond acceptors (Lipinski definition) is 5. The molecule has 0 radical (unpaired) electrons. The van der Waals surface area contributed by atoms with Gasteiger partial charge >= 0.3 is 0 Å². The van der Waals surface area contributed by atoms with Crippen LogP contribution in [0.1, 0.15) is 17.0 Å². The molecule has 5 nitrogen and oxygen atoms in total. The highest BCUT2D eigenvalue weighted by Gasteiger charge is 2.09. The predicted octanol–water partition coefficient (Wildman–Crippen LogP) is 2.53. The van der Waals surface area contributed by atoms with Gasteiger partial charge in [0, 0.05) is 18.3 Å². The first-order valence-corrected chi connectivity index (χ1v) is 5.52. The van der Waals surface area contributed by atoms with Crippen LogP contribution in [0.5, 0.6) is 0 Å². The summed E-state index contributed by atoms with van der Waals surface area (Å²) in [6, 6.07) is 1.66.